The summed E-state index contributed by atoms with van der Waals surface area (Å²) in [4.78, 5) is 28.3. The van der Waals surface area contributed by atoms with Crippen molar-refractivity contribution < 1.29 is 9.18 Å². The van der Waals surface area contributed by atoms with E-state index in [0.29, 0.717) is 29.4 Å². The molecule has 198 valence electrons. The minimum absolute atomic E-state index is 0.0358. The average molecular weight is 521 g/mol. The number of pyridine rings is 1. The lowest BCUT2D eigenvalue weighted by molar-refractivity contribution is -0.123. The van der Waals surface area contributed by atoms with Gasteiger partial charge in [-0.05, 0) is 68.7 Å². The number of rotatable bonds is 7. The van der Waals surface area contributed by atoms with Crippen LogP contribution in [0.4, 0.5) is 4.39 Å². The summed E-state index contributed by atoms with van der Waals surface area (Å²) in [6.07, 6.45) is 10.7. The smallest absolute Gasteiger partial charge is 0.176 e. The number of aromatic nitrogens is 3. The predicted molar refractivity (Wildman–Crippen MR) is 148 cm³/mol. The number of hydrogen-bond donors (Lipinski definition) is 0. The molecule has 1 saturated carbocycles. The predicted octanol–water partition coefficient (Wildman–Crippen LogP) is 7.27. The Hall–Kier alpha value is -3.72. The highest BCUT2D eigenvalue weighted by molar-refractivity contribution is 6.02. The highest BCUT2D eigenvalue weighted by atomic mass is 19.1. The lowest BCUT2D eigenvalue weighted by Crippen LogP contribution is -2.49. The lowest BCUT2D eigenvalue weighted by atomic mass is 9.54. The van der Waals surface area contributed by atoms with Crippen molar-refractivity contribution in [1.29, 1.82) is 5.26 Å². The SMILES string of the molecule is CCC[C@H]1C(=O)C(C#N)=C[C@@]2(CCC)c3nc(-c4ccnc(C5CC5)c4)nc(-c4ccccc4F)c3CC[C@H]12. The van der Waals surface area contributed by atoms with Crippen LogP contribution in [0.3, 0.4) is 0 Å². The Morgan fingerprint density at radius 2 is 1.92 bits per heavy atom. The number of fused-ring (bicyclic) bond motifs is 3. The molecular formula is C33H33FN4O. The third-order valence-corrected chi connectivity index (χ3v) is 8.85. The average Bonchev–Trinajstić information content (AvgIpc) is 3.80. The first-order valence-electron chi connectivity index (χ1n) is 14.3. The number of benzene rings is 1. The molecule has 3 atom stereocenters. The quantitative estimate of drug-likeness (QED) is 0.327. The second-order valence-electron chi connectivity index (χ2n) is 11.3. The van der Waals surface area contributed by atoms with Gasteiger partial charge in [0.2, 0.25) is 0 Å². The van der Waals surface area contributed by atoms with Gasteiger partial charge in [0, 0.05) is 45.8 Å². The van der Waals surface area contributed by atoms with E-state index in [1.807, 2.05) is 24.4 Å². The molecule has 3 aliphatic carbocycles. The Labute approximate surface area is 229 Å². The summed E-state index contributed by atoms with van der Waals surface area (Å²) in [5.74, 6) is 0.497. The van der Waals surface area contributed by atoms with Gasteiger partial charge in [0.15, 0.2) is 11.6 Å². The number of carbonyl (C=O) groups is 1. The first-order chi connectivity index (χ1) is 19.0. The Kier molecular flexibility index (Phi) is 6.62. The van der Waals surface area contributed by atoms with Gasteiger partial charge in [0.25, 0.3) is 0 Å². The molecule has 2 aromatic heterocycles. The molecule has 39 heavy (non-hydrogen) atoms. The summed E-state index contributed by atoms with van der Waals surface area (Å²) in [5, 5.41) is 10.0. The topological polar surface area (TPSA) is 79.5 Å². The van der Waals surface area contributed by atoms with Gasteiger partial charge in [-0.2, -0.15) is 5.26 Å². The van der Waals surface area contributed by atoms with Gasteiger partial charge in [0.1, 0.15) is 11.9 Å². The first-order valence-corrected chi connectivity index (χ1v) is 14.3. The van der Waals surface area contributed by atoms with Crippen LogP contribution in [-0.4, -0.2) is 20.7 Å². The van der Waals surface area contributed by atoms with Crippen molar-refractivity contribution in [1.82, 2.24) is 15.0 Å². The monoisotopic (exact) mass is 520 g/mol. The summed E-state index contributed by atoms with van der Waals surface area (Å²) < 4.78 is 15.3. The highest BCUT2D eigenvalue weighted by Gasteiger charge is 2.53. The van der Waals surface area contributed by atoms with Crippen molar-refractivity contribution in [3.8, 4) is 28.7 Å². The molecule has 6 heteroatoms. The van der Waals surface area contributed by atoms with Gasteiger partial charge in [-0.3, -0.25) is 9.78 Å². The fraction of sp³-hybridized carbons (Fsp3) is 0.424. The summed E-state index contributed by atoms with van der Waals surface area (Å²) in [7, 11) is 0. The van der Waals surface area contributed by atoms with Crippen LogP contribution in [0.1, 0.15) is 81.7 Å². The van der Waals surface area contributed by atoms with Crippen molar-refractivity contribution in [2.45, 2.75) is 76.5 Å². The summed E-state index contributed by atoms with van der Waals surface area (Å²) in [5.41, 5.74) is 4.42. The fourth-order valence-electron chi connectivity index (χ4n) is 7.00. The number of nitriles is 1. The van der Waals surface area contributed by atoms with Gasteiger partial charge in [0.05, 0.1) is 17.0 Å². The number of nitrogens with zero attached hydrogens (tertiary/aromatic N) is 4. The molecule has 0 bridgehead atoms. The molecule has 0 N–H and O–H groups in total. The van der Waals surface area contributed by atoms with Crippen LogP contribution in [-0.2, 0) is 16.6 Å². The Morgan fingerprint density at radius 1 is 1.10 bits per heavy atom. The van der Waals surface area contributed by atoms with Crippen molar-refractivity contribution in [2.75, 3.05) is 0 Å². The van der Waals surface area contributed by atoms with Crippen LogP contribution in [0.5, 0.6) is 0 Å². The van der Waals surface area contributed by atoms with E-state index in [1.165, 1.54) is 6.07 Å². The molecule has 3 aromatic rings. The van der Waals surface area contributed by atoms with Crippen molar-refractivity contribution in [3.63, 3.8) is 0 Å². The zero-order valence-corrected chi connectivity index (χ0v) is 22.6. The number of hydrogen-bond acceptors (Lipinski definition) is 5. The maximum Gasteiger partial charge on any atom is 0.176 e. The molecule has 0 unspecified atom stereocenters. The number of carbonyl (C=O) groups excluding carboxylic acids is 1. The number of ketones is 1. The second-order valence-corrected chi connectivity index (χ2v) is 11.3. The molecular weight excluding hydrogens is 487 g/mol. The van der Waals surface area contributed by atoms with E-state index in [9.17, 15) is 10.1 Å². The molecule has 3 aliphatic rings. The van der Waals surface area contributed by atoms with E-state index in [-0.39, 0.29) is 29.0 Å². The lowest BCUT2D eigenvalue weighted by Gasteiger charge is -2.49. The summed E-state index contributed by atoms with van der Waals surface area (Å²) >= 11 is 0. The molecule has 5 nitrogen and oxygen atoms in total. The molecule has 2 heterocycles. The van der Waals surface area contributed by atoms with Crippen molar-refractivity contribution >= 4 is 5.78 Å². The Morgan fingerprint density at radius 3 is 2.64 bits per heavy atom. The molecule has 0 radical (unpaired) electrons. The van der Waals surface area contributed by atoms with E-state index in [4.69, 9.17) is 9.97 Å². The maximum absolute atomic E-state index is 15.3. The van der Waals surface area contributed by atoms with Crippen LogP contribution in [0.2, 0.25) is 0 Å². The van der Waals surface area contributed by atoms with Gasteiger partial charge in [-0.25, -0.2) is 14.4 Å². The van der Waals surface area contributed by atoms with E-state index < -0.39 is 5.41 Å². The fourth-order valence-corrected chi connectivity index (χ4v) is 7.00. The van der Waals surface area contributed by atoms with E-state index in [2.05, 4.69) is 31.0 Å². The van der Waals surface area contributed by atoms with Crippen LogP contribution in [0.15, 0.2) is 54.2 Å². The Balaban J connectivity index is 1.65. The molecule has 0 saturated heterocycles. The maximum atomic E-state index is 15.3. The molecule has 0 spiro atoms. The molecule has 0 aliphatic heterocycles. The summed E-state index contributed by atoms with van der Waals surface area (Å²) in [6, 6.07) is 13.0. The zero-order chi connectivity index (χ0) is 27.1. The standard InChI is InChI=1S/C33H33FN4O/c1-3-7-23-26-13-12-25-29(24-8-5-6-9-27(24)34)37-32(21-14-16-36-28(17-21)20-10-11-20)38-31(25)33(26,15-4-2)18-22(19-35)30(23)39/h5-6,8-9,14,16-18,20,23,26H,3-4,7,10-13,15H2,1-2H3/t23-,26-,33-/m1/s1. The third-order valence-electron chi connectivity index (χ3n) is 8.85. The zero-order valence-electron chi connectivity index (χ0n) is 22.6. The normalized spacial score (nSPS) is 23.9. The van der Waals surface area contributed by atoms with Gasteiger partial charge >= 0.3 is 0 Å². The van der Waals surface area contributed by atoms with Crippen LogP contribution < -0.4 is 0 Å². The van der Waals surface area contributed by atoms with E-state index in [1.54, 1.807) is 12.1 Å². The highest BCUT2D eigenvalue weighted by Crippen LogP contribution is 2.54. The van der Waals surface area contributed by atoms with E-state index in [0.717, 1.165) is 67.5 Å². The molecule has 6 rings (SSSR count). The minimum Gasteiger partial charge on any atom is -0.293 e. The number of halogens is 1. The molecule has 1 aromatic carbocycles. The summed E-state index contributed by atoms with van der Waals surface area (Å²) in [6.45, 7) is 4.23. The van der Waals surface area contributed by atoms with Crippen LogP contribution in [0, 0.1) is 29.0 Å². The molecule has 1 fully saturated rings. The largest absolute Gasteiger partial charge is 0.293 e. The van der Waals surface area contributed by atoms with Crippen molar-refractivity contribution in [3.05, 3.63) is 77.0 Å². The van der Waals surface area contributed by atoms with E-state index >= 15 is 4.39 Å². The number of Topliss-reactive ketones (excluding diaryl/α,β-unsaturated/α-hetero) is 1. The van der Waals surface area contributed by atoms with Crippen molar-refractivity contribution in [2.24, 2.45) is 11.8 Å². The van der Waals surface area contributed by atoms with Crippen LogP contribution >= 0.6 is 0 Å². The van der Waals surface area contributed by atoms with Gasteiger partial charge in [-0.1, -0.05) is 44.9 Å². The molecule has 0 amide bonds. The Bertz CT molecular complexity index is 1520. The van der Waals surface area contributed by atoms with Crippen LogP contribution in [0.25, 0.3) is 22.6 Å². The third kappa shape index (κ3) is 4.29. The minimum atomic E-state index is -0.578. The first kappa shape index (κ1) is 25.6. The van der Waals surface area contributed by atoms with Gasteiger partial charge in [-0.15, -0.1) is 0 Å². The van der Waals surface area contributed by atoms with Gasteiger partial charge < -0.3 is 0 Å². The number of allylic oxidation sites excluding steroid dienone is 2. The second kappa shape index (κ2) is 10.1.